The SMILES string of the molecule is Cc1cc(Cl)c(NC(=O)NCCOCC(=O)O)cc1Cl. The lowest BCUT2D eigenvalue weighted by molar-refractivity contribution is -0.142. The highest BCUT2D eigenvalue weighted by molar-refractivity contribution is 6.36. The van der Waals surface area contributed by atoms with E-state index in [0.29, 0.717) is 15.7 Å². The molecule has 0 radical (unpaired) electrons. The first kappa shape index (κ1) is 16.6. The second kappa shape index (κ2) is 7.94. The Kier molecular flexibility index (Phi) is 6.57. The van der Waals surface area contributed by atoms with E-state index in [0.717, 1.165) is 5.56 Å². The molecule has 0 spiro atoms. The molecule has 0 unspecified atom stereocenters. The molecule has 6 nitrogen and oxygen atoms in total. The predicted octanol–water partition coefficient (Wildman–Crippen LogP) is 2.52. The quantitative estimate of drug-likeness (QED) is 0.703. The van der Waals surface area contributed by atoms with Crippen molar-refractivity contribution in [3.63, 3.8) is 0 Å². The molecule has 3 N–H and O–H groups in total. The van der Waals surface area contributed by atoms with E-state index in [2.05, 4.69) is 10.6 Å². The predicted molar refractivity (Wildman–Crippen MR) is 76.7 cm³/mol. The fourth-order valence-corrected chi connectivity index (χ4v) is 1.73. The molecule has 2 amide bonds. The van der Waals surface area contributed by atoms with Crippen LogP contribution in [0.5, 0.6) is 0 Å². The number of aryl methyl sites for hydroxylation is 1. The minimum absolute atomic E-state index is 0.0993. The molecular weight excluding hydrogens is 307 g/mol. The summed E-state index contributed by atoms with van der Waals surface area (Å²) < 4.78 is 4.77. The third-order valence-corrected chi connectivity index (χ3v) is 2.97. The number of amides is 2. The molecule has 0 fully saturated rings. The number of hydrogen-bond acceptors (Lipinski definition) is 3. The van der Waals surface area contributed by atoms with Gasteiger partial charge in [-0.3, -0.25) is 0 Å². The molecule has 0 atom stereocenters. The van der Waals surface area contributed by atoms with E-state index >= 15 is 0 Å². The molecule has 8 heteroatoms. The van der Waals surface area contributed by atoms with Crippen LogP contribution < -0.4 is 10.6 Å². The van der Waals surface area contributed by atoms with Crippen LogP contribution in [0, 0.1) is 6.92 Å². The Morgan fingerprint density at radius 3 is 2.65 bits per heavy atom. The molecular formula is C12H14Cl2N2O4. The molecule has 0 bridgehead atoms. The highest BCUT2D eigenvalue weighted by Crippen LogP contribution is 2.28. The summed E-state index contributed by atoms with van der Waals surface area (Å²) >= 11 is 11.9. The van der Waals surface area contributed by atoms with Gasteiger partial charge in [-0.05, 0) is 24.6 Å². The maximum atomic E-state index is 11.6. The fourth-order valence-electron chi connectivity index (χ4n) is 1.30. The summed E-state index contributed by atoms with van der Waals surface area (Å²) in [5.74, 6) is -1.06. The van der Waals surface area contributed by atoms with Crippen molar-refractivity contribution in [2.45, 2.75) is 6.92 Å². The Bertz CT molecular complexity index is 508. The van der Waals surface area contributed by atoms with Crippen LogP contribution in [0.25, 0.3) is 0 Å². The summed E-state index contributed by atoms with van der Waals surface area (Å²) in [6.07, 6.45) is 0. The fraction of sp³-hybridized carbons (Fsp3) is 0.333. The van der Waals surface area contributed by atoms with Crippen LogP contribution in [0.3, 0.4) is 0 Å². The highest BCUT2D eigenvalue weighted by Gasteiger charge is 2.08. The first-order valence-corrected chi connectivity index (χ1v) is 6.45. The minimum atomic E-state index is -1.06. The van der Waals surface area contributed by atoms with Crippen LogP contribution in [-0.2, 0) is 9.53 Å². The molecule has 1 aromatic rings. The highest BCUT2D eigenvalue weighted by atomic mass is 35.5. The van der Waals surface area contributed by atoms with E-state index < -0.39 is 18.6 Å². The second-order valence-corrected chi connectivity index (χ2v) is 4.72. The lowest BCUT2D eigenvalue weighted by atomic mass is 10.2. The average molecular weight is 321 g/mol. The van der Waals surface area contributed by atoms with Gasteiger partial charge >= 0.3 is 12.0 Å². The average Bonchev–Trinajstić information content (AvgIpc) is 2.35. The molecule has 0 aliphatic heterocycles. The van der Waals surface area contributed by atoms with E-state index in [9.17, 15) is 9.59 Å². The number of nitrogens with one attached hydrogen (secondary N) is 2. The lowest BCUT2D eigenvalue weighted by Crippen LogP contribution is -2.32. The van der Waals surface area contributed by atoms with E-state index in [-0.39, 0.29) is 13.2 Å². The van der Waals surface area contributed by atoms with Gasteiger partial charge in [0.2, 0.25) is 0 Å². The van der Waals surface area contributed by atoms with Crippen LogP contribution in [0.1, 0.15) is 5.56 Å². The molecule has 0 aliphatic rings. The van der Waals surface area contributed by atoms with Crippen molar-refractivity contribution in [1.29, 1.82) is 0 Å². The monoisotopic (exact) mass is 320 g/mol. The van der Waals surface area contributed by atoms with Crippen LogP contribution in [0.4, 0.5) is 10.5 Å². The molecule has 110 valence electrons. The summed E-state index contributed by atoms with van der Waals surface area (Å²) in [6.45, 7) is 1.68. The minimum Gasteiger partial charge on any atom is -0.480 e. The number of rotatable bonds is 6. The Hall–Kier alpha value is -1.50. The van der Waals surface area contributed by atoms with Gasteiger partial charge in [-0.1, -0.05) is 23.2 Å². The van der Waals surface area contributed by atoms with Crippen molar-refractivity contribution in [2.24, 2.45) is 0 Å². The summed E-state index contributed by atoms with van der Waals surface area (Å²) in [5.41, 5.74) is 1.20. The molecule has 0 saturated heterocycles. The molecule has 0 heterocycles. The maximum absolute atomic E-state index is 11.6. The van der Waals surface area contributed by atoms with Crippen molar-refractivity contribution in [1.82, 2.24) is 5.32 Å². The summed E-state index contributed by atoms with van der Waals surface area (Å²) in [7, 11) is 0. The Labute approximate surface area is 126 Å². The molecule has 1 rings (SSSR count). The zero-order chi connectivity index (χ0) is 15.1. The number of carboxylic acids is 1. The van der Waals surface area contributed by atoms with Crippen molar-refractivity contribution in [3.8, 4) is 0 Å². The van der Waals surface area contributed by atoms with Crippen LogP contribution in [0.15, 0.2) is 12.1 Å². The van der Waals surface area contributed by atoms with Crippen LogP contribution >= 0.6 is 23.2 Å². The number of carbonyl (C=O) groups excluding carboxylic acids is 1. The number of benzene rings is 1. The van der Waals surface area contributed by atoms with Gasteiger partial charge in [-0.25, -0.2) is 9.59 Å². The van der Waals surface area contributed by atoms with Gasteiger partial charge in [0, 0.05) is 11.6 Å². The van der Waals surface area contributed by atoms with Crippen molar-refractivity contribution < 1.29 is 19.4 Å². The van der Waals surface area contributed by atoms with E-state index in [1.54, 1.807) is 19.1 Å². The number of carbonyl (C=O) groups is 2. The van der Waals surface area contributed by atoms with Crippen molar-refractivity contribution in [2.75, 3.05) is 25.1 Å². The van der Waals surface area contributed by atoms with E-state index in [1.165, 1.54) is 0 Å². The van der Waals surface area contributed by atoms with Crippen molar-refractivity contribution >= 4 is 40.9 Å². The standard InChI is InChI=1S/C12H14Cl2N2O4/c1-7-4-9(14)10(5-8(7)13)16-12(19)15-2-3-20-6-11(17)18/h4-5H,2-3,6H2,1H3,(H,17,18)(H2,15,16,19). The van der Waals surface area contributed by atoms with Gasteiger partial charge in [0.25, 0.3) is 0 Å². The first-order valence-electron chi connectivity index (χ1n) is 5.70. The largest absolute Gasteiger partial charge is 0.480 e. The molecule has 0 saturated carbocycles. The third-order valence-electron chi connectivity index (χ3n) is 2.25. The van der Waals surface area contributed by atoms with Crippen LogP contribution in [0.2, 0.25) is 10.0 Å². The van der Waals surface area contributed by atoms with E-state index in [4.69, 9.17) is 33.0 Å². The maximum Gasteiger partial charge on any atom is 0.329 e. The number of hydrogen-bond donors (Lipinski definition) is 3. The topological polar surface area (TPSA) is 87.7 Å². The molecule has 0 aromatic heterocycles. The number of ether oxygens (including phenoxy) is 1. The van der Waals surface area contributed by atoms with Crippen LogP contribution in [-0.4, -0.2) is 36.9 Å². The molecule has 1 aromatic carbocycles. The van der Waals surface area contributed by atoms with Gasteiger partial charge in [0.1, 0.15) is 6.61 Å². The van der Waals surface area contributed by atoms with Gasteiger partial charge < -0.3 is 20.5 Å². The number of halogens is 2. The Morgan fingerprint density at radius 2 is 2.00 bits per heavy atom. The first-order chi connectivity index (χ1) is 9.40. The zero-order valence-electron chi connectivity index (χ0n) is 10.7. The van der Waals surface area contributed by atoms with E-state index in [1.807, 2.05) is 0 Å². The third kappa shape index (κ3) is 5.64. The van der Waals surface area contributed by atoms with Crippen molar-refractivity contribution in [3.05, 3.63) is 27.7 Å². The van der Waals surface area contributed by atoms with Gasteiger partial charge in [-0.15, -0.1) is 0 Å². The number of carboxylic acid groups (broad SMARTS) is 1. The Morgan fingerprint density at radius 1 is 1.30 bits per heavy atom. The normalized spacial score (nSPS) is 10.2. The van der Waals surface area contributed by atoms with Gasteiger partial charge in [0.15, 0.2) is 0 Å². The summed E-state index contributed by atoms with van der Waals surface area (Å²) in [6, 6.07) is 2.72. The van der Waals surface area contributed by atoms with Gasteiger partial charge in [0.05, 0.1) is 17.3 Å². The lowest BCUT2D eigenvalue weighted by Gasteiger charge is -2.10. The number of anilines is 1. The number of urea groups is 1. The molecule has 0 aliphatic carbocycles. The second-order valence-electron chi connectivity index (χ2n) is 3.91. The summed E-state index contributed by atoms with van der Waals surface area (Å²) in [5, 5.41) is 14.3. The summed E-state index contributed by atoms with van der Waals surface area (Å²) in [4.78, 5) is 21.7. The van der Waals surface area contributed by atoms with Gasteiger partial charge in [-0.2, -0.15) is 0 Å². The zero-order valence-corrected chi connectivity index (χ0v) is 12.2. The molecule has 20 heavy (non-hydrogen) atoms. The smallest absolute Gasteiger partial charge is 0.329 e. The Balaban J connectivity index is 2.39. The number of aliphatic carboxylic acids is 1.